The number of nitro groups is 1. The summed E-state index contributed by atoms with van der Waals surface area (Å²) in [4.78, 5) is 21.5. The van der Waals surface area contributed by atoms with E-state index in [0.29, 0.717) is 5.75 Å². The van der Waals surface area contributed by atoms with Gasteiger partial charge in [0.05, 0.1) is 18.2 Å². The number of hydrogen-bond donors (Lipinski definition) is 1. The summed E-state index contributed by atoms with van der Waals surface area (Å²) in [6.07, 6.45) is 3.71. The van der Waals surface area contributed by atoms with Crippen molar-refractivity contribution >= 4 is 17.8 Å². The van der Waals surface area contributed by atoms with Gasteiger partial charge < -0.3 is 4.74 Å². The monoisotopic (exact) mass is 303 g/mol. The number of rotatable bonds is 6. The lowest BCUT2D eigenvalue weighted by molar-refractivity contribution is -0.385. The predicted molar refractivity (Wildman–Crippen MR) is 77.6 cm³/mol. The van der Waals surface area contributed by atoms with Crippen molar-refractivity contribution in [2.45, 2.75) is 6.54 Å². The molecule has 1 N–H and O–H groups in total. The van der Waals surface area contributed by atoms with Crippen LogP contribution in [0.2, 0.25) is 0 Å². The quantitative estimate of drug-likeness (QED) is 0.485. The highest BCUT2D eigenvalue weighted by molar-refractivity contribution is 5.82. The van der Waals surface area contributed by atoms with Crippen molar-refractivity contribution in [3.05, 3.63) is 52.3 Å². The van der Waals surface area contributed by atoms with Crippen LogP contribution in [0.15, 0.2) is 41.8 Å². The first-order valence-electron chi connectivity index (χ1n) is 6.21. The van der Waals surface area contributed by atoms with Gasteiger partial charge in [-0.1, -0.05) is 12.1 Å². The maximum atomic E-state index is 11.6. The number of methoxy groups -OCH3 is 1. The van der Waals surface area contributed by atoms with Crippen molar-refractivity contribution in [1.82, 2.24) is 15.2 Å². The fourth-order valence-electron chi connectivity index (χ4n) is 1.62. The smallest absolute Gasteiger partial charge is 0.307 e. The molecule has 114 valence electrons. The van der Waals surface area contributed by atoms with Gasteiger partial charge in [0.15, 0.2) is 0 Å². The zero-order chi connectivity index (χ0) is 15.9. The van der Waals surface area contributed by atoms with E-state index in [1.807, 2.05) is 0 Å². The summed E-state index contributed by atoms with van der Waals surface area (Å²) in [5, 5.41) is 18.0. The number of hydrogen-bond acceptors (Lipinski definition) is 6. The van der Waals surface area contributed by atoms with E-state index in [2.05, 4.69) is 15.6 Å². The Labute approximate surface area is 125 Å². The van der Waals surface area contributed by atoms with Crippen molar-refractivity contribution in [3.63, 3.8) is 0 Å². The molecule has 0 aliphatic heterocycles. The van der Waals surface area contributed by atoms with Crippen LogP contribution in [0.4, 0.5) is 5.69 Å². The molecule has 0 atom stereocenters. The van der Waals surface area contributed by atoms with Gasteiger partial charge in [-0.25, -0.2) is 5.43 Å². The predicted octanol–water partition coefficient (Wildman–Crippen LogP) is 0.950. The van der Waals surface area contributed by atoms with E-state index in [-0.39, 0.29) is 12.2 Å². The van der Waals surface area contributed by atoms with Gasteiger partial charge in [-0.15, -0.1) is 0 Å². The maximum Gasteiger partial charge on any atom is 0.307 e. The number of hydrazone groups is 1. The van der Waals surface area contributed by atoms with Gasteiger partial charge in [-0.2, -0.15) is 10.2 Å². The highest BCUT2D eigenvalue weighted by atomic mass is 16.6. The first-order chi connectivity index (χ1) is 10.6. The van der Waals surface area contributed by atoms with Gasteiger partial charge in [0.2, 0.25) is 0 Å². The highest BCUT2D eigenvalue weighted by Gasteiger charge is 2.10. The molecular formula is C13H13N5O4. The fraction of sp³-hybridized carbons (Fsp3) is 0.154. The summed E-state index contributed by atoms with van der Waals surface area (Å²) in [6, 6.07) is 7.15. The second-order valence-corrected chi connectivity index (χ2v) is 4.22. The molecular weight excluding hydrogens is 290 g/mol. The lowest BCUT2D eigenvalue weighted by atomic mass is 10.2. The third kappa shape index (κ3) is 4.13. The van der Waals surface area contributed by atoms with E-state index in [4.69, 9.17) is 4.74 Å². The average Bonchev–Trinajstić information content (AvgIpc) is 2.96. The molecule has 2 aromatic rings. The molecule has 0 bridgehead atoms. The van der Waals surface area contributed by atoms with Crippen LogP contribution >= 0.6 is 0 Å². The molecule has 1 aromatic heterocycles. The van der Waals surface area contributed by atoms with Gasteiger partial charge in [-0.3, -0.25) is 19.6 Å². The summed E-state index contributed by atoms with van der Waals surface area (Å²) < 4.78 is 6.23. The third-order valence-corrected chi connectivity index (χ3v) is 2.63. The Hall–Kier alpha value is -3.23. The number of carbonyl (C=O) groups excluding carboxylic acids is 1. The number of nitrogens with zero attached hydrogens (tertiary/aromatic N) is 4. The van der Waals surface area contributed by atoms with Crippen LogP contribution in [0, 0.1) is 10.1 Å². The van der Waals surface area contributed by atoms with Crippen LogP contribution in [0.3, 0.4) is 0 Å². The molecule has 1 amide bonds. The van der Waals surface area contributed by atoms with E-state index in [0.717, 1.165) is 16.4 Å². The van der Waals surface area contributed by atoms with Crippen molar-refractivity contribution in [2.75, 3.05) is 7.11 Å². The van der Waals surface area contributed by atoms with E-state index in [1.165, 1.54) is 12.4 Å². The highest BCUT2D eigenvalue weighted by Crippen LogP contribution is 2.10. The second kappa shape index (κ2) is 6.97. The fourth-order valence-corrected chi connectivity index (χ4v) is 1.62. The van der Waals surface area contributed by atoms with Crippen molar-refractivity contribution < 1.29 is 14.5 Å². The minimum absolute atomic E-state index is 0.163. The van der Waals surface area contributed by atoms with Crippen LogP contribution in [0.5, 0.6) is 5.75 Å². The molecule has 0 saturated carbocycles. The summed E-state index contributed by atoms with van der Waals surface area (Å²) in [6.45, 7) is -0.163. The molecule has 0 fully saturated rings. The largest absolute Gasteiger partial charge is 0.497 e. The van der Waals surface area contributed by atoms with E-state index >= 15 is 0 Å². The average molecular weight is 303 g/mol. The summed E-state index contributed by atoms with van der Waals surface area (Å²) in [5.74, 6) is 0.233. The van der Waals surface area contributed by atoms with Crippen LogP contribution < -0.4 is 10.2 Å². The molecule has 1 heterocycles. The molecule has 0 radical (unpaired) electrons. The Morgan fingerprint density at radius 2 is 2.41 bits per heavy atom. The Balaban J connectivity index is 1.88. The number of carbonyl (C=O) groups is 1. The normalized spacial score (nSPS) is 10.6. The van der Waals surface area contributed by atoms with Crippen LogP contribution in [-0.2, 0) is 11.3 Å². The van der Waals surface area contributed by atoms with Gasteiger partial charge >= 0.3 is 5.69 Å². The molecule has 0 aliphatic carbocycles. The molecule has 0 spiro atoms. The Kier molecular flexibility index (Phi) is 4.81. The van der Waals surface area contributed by atoms with Gasteiger partial charge in [-0.05, 0) is 17.7 Å². The zero-order valence-electron chi connectivity index (χ0n) is 11.7. The number of nitrogens with one attached hydrogen (secondary N) is 1. The topological polar surface area (TPSA) is 112 Å². The number of aromatic nitrogens is 2. The summed E-state index contributed by atoms with van der Waals surface area (Å²) in [7, 11) is 1.56. The molecule has 9 nitrogen and oxygen atoms in total. The minimum Gasteiger partial charge on any atom is -0.497 e. The number of amides is 1. The Morgan fingerprint density at radius 1 is 1.59 bits per heavy atom. The summed E-state index contributed by atoms with van der Waals surface area (Å²) >= 11 is 0. The first kappa shape index (κ1) is 15.2. The van der Waals surface area contributed by atoms with Crippen LogP contribution in [0.25, 0.3) is 0 Å². The second-order valence-electron chi connectivity index (χ2n) is 4.22. The van der Waals surface area contributed by atoms with E-state index < -0.39 is 10.8 Å². The molecule has 0 saturated heterocycles. The number of ether oxygens (including phenoxy) is 1. The van der Waals surface area contributed by atoms with E-state index in [9.17, 15) is 14.9 Å². The van der Waals surface area contributed by atoms with E-state index in [1.54, 1.807) is 31.4 Å². The Morgan fingerprint density at radius 3 is 3.09 bits per heavy atom. The standard InChI is InChI=1S/C13H13N5O4/c1-22-12-4-2-3-10(5-12)6-14-16-13(19)9-17-8-11(7-15-17)18(20)21/h2-8H,9H2,1H3,(H,16,19)/b14-6+. The number of benzene rings is 1. The molecule has 0 unspecified atom stereocenters. The maximum absolute atomic E-state index is 11.6. The lowest BCUT2D eigenvalue weighted by Gasteiger charge is -2.01. The van der Waals surface area contributed by atoms with Gasteiger partial charge in [0.25, 0.3) is 5.91 Å². The Bertz CT molecular complexity index is 710. The van der Waals surface area contributed by atoms with Gasteiger partial charge in [0, 0.05) is 0 Å². The minimum atomic E-state index is -0.581. The zero-order valence-corrected chi connectivity index (χ0v) is 11.7. The van der Waals surface area contributed by atoms with Crippen molar-refractivity contribution in [2.24, 2.45) is 5.10 Å². The molecule has 22 heavy (non-hydrogen) atoms. The molecule has 9 heteroatoms. The third-order valence-electron chi connectivity index (χ3n) is 2.63. The molecule has 1 aromatic carbocycles. The molecule has 0 aliphatic rings. The van der Waals surface area contributed by atoms with Crippen molar-refractivity contribution in [3.8, 4) is 5.75 Å². The lowest BCUT2D eigenvalue weighted by Crippen LogP contribution is -2.23. The molecule has 2 rings (SSSR count). The SMILES string of the molecule is COc1cccc(/C=N/NC(=O)Cn2cc([N+](=O)[O-])cn2)c1. The van der Waals surface area contributed by atoms with Crippen molar-refractivity contribution in [1.29, 1.82) is 0 Å². The van der Waals surface area contributed by atoms with Crippen LogP contribution in [0.1, 0.15) is 5.56 Å². The first-order valence-corrected chi connectivity index (χ1v) is 6.21. The summed E-state index contributed by atoms with van der Waals surface area (Å²) in [5.41, 5.74) is 2.90. The van der Waals surface area contributed by atoms with Crippen LogP contribution in [-0.4, -0.2) is 33.9 Å². The van der Waals surface area contributed by atoms with Gasteiger partial charge in [0.1, 0.15) is 24.7 Å².